The predicted octanol–water partition coefficient (Wildman–Crippen LogP) is 4.61. The average molecular weight is 579 g/mol. The van der Waals surface area contributed by atoms with Crippen molar-refractivity contribution < 1.29 is 26.5 Å². The monoisotopic (exact) mass is 578 g/mol. The minimum Gasteiger partial charge on any atom is -0.598 e. The molecule has 1 unspecified atom stereocenters. The molecule has 0 saturated heterocycles. The summed E-state index contributed by atoms with van der Waals surface area (Å²) in [4.78, 5) is 26.2. The Morgan fingerprint density at radius 1 is 1.10 bits per heavy atom. The topological polar surface area (TPSA) is 108 Å². The van der Waals surface area contributed by atoms with Crippen LogP contribution in [0.3, 0.4) is 0 Å². The van der Waals surface area contributed by atoms with E-state index in [-0.39, 0.29) is 33.6 Å². The summed E-state index contributed by atoms with van der Waals surface area (Å²) >= 11 is -1.40. The van der Waals surface area contributed by atoms with E-state index in [0.29, 0.717) is 16.9 Å². The van der Waals surface area contributed by atoms with Gasteiger partial charge >= 0.3 is 0 Å². The van der Waals surface area contributed by atoms with E-state index in [0.717, 1.165) is 31.0 Å². The number of rotatable bonds is 12. The van der Waals surface area contributed by atoms with Crippen LogP contribution in [0.1, 0.15) is 66.7 Å². The molecule has 0 amide bonds. The number of carbonyl (C=O) groups excluding carboxylic acids is 1. The van der Waals surface area contributed by atoms with E-state index in [4.69, 9.17) is 0 Å². The van der Waals surface area contributed by atoms with Crippen LogP contribution in [-0.2, 0) is 34.0 Å². The zero-order chi connectivity index (χ0) is 28.9. The first-order chi connectivity index (χ1) is 18.4. The van der Waals surface area contributed by atoms with E-state index < -0.39 is 50.4 Å². The summed E-state index contributed by atoms with van der Waals surface area (Å²) in [5.74, 6) is -2.41. The van der Waals surface area contributed by atoms with Gasteiger partial charge in [0.2, 0.25) is 0 Å². The maximum absolute atomic E-state index is 15.3. The predicted molar refractivity (Wildman–Crippen MR) is 150 cm³/mol. The van der Waals surface area contributed by atoms with E-state index in [1.807, 2.05) is 6.92 Å². The standard InChI is InChI=1S/C28H32F2N2O5S2/c1-5-7-12-38(35)31-18(3)22-15-27(33)32(4)16-25(22)23-13-20(17-39(36,37)6-2)26(30)14-24(23)28(34)19-8-10-21(29)11-9-19/h8-11,13-16,18,31H,5-7,12,17H2,1-4H3/t18-,38?/m0/s1. The van der Waals surface area contributed by atoms with Crippen molar-refractivity contribution in [2.24, 2.45) is 7.05 Å². The molecule has 3 rings (SSSR count). The molecular formula is C28H32F2N2O5S2. The second-order valence-electron chi connectivity index (χ2n) is 9.34. The van der Waals surface area contributed by atoms with Crippen molar-refractivity contribution in [3.05, 3.63) is 92.9 Å². The summed E-state index contributed by atoms with van der Waals surface area (Å²) in [6, 6.07) is 7.81. The zero-order valence-corrected chi connectivity index (χ0v) is 23.9. The van der Waals surface area contributed by atoms with Crippen LogP contribution >= 0.6 is 0 Å². The number of sulfone groups is 1. The lowest BCUT2D eigenvalue weighted by Crippen LogP contribution is -2.31. The molecule has 210 valence electrons. The normalized spacial score (nSPS) is 13.3. The number of ketones is 1. The average Bonchev–Trinajstić information content (AvgIpc) is 2.89. The molecule has 1 heterocycles. The highest BCUT2D eigenvalue weighted by molar-refractivity contribution is 7.90. The number of halogens is 2. The van der Waals surface area contributed by atoms with E-state index in [9.17, 15) is 27.0 Å². The molecule has 0 aliphatic heterocycles. The van der Waals surface area contributed by atoms with Crippen molar-refractivity contribution >= 4 is 27.0 Å². The van der Waals surface area contributed by atoms with Gasteiger partial charge in [0.1, 0.15) is 17.4 Å². The minimum absolute atomic E-state index is 0.0871. The number of carbonyl (C=O) groups is 1. The molecule has 0 bridgehead atoms. The summed E-state index contributed by atoms with van der Waals surface area (Å²) < 4.78 is 70.3. The van der Waals surface area contributed by atoms with Crippen LogP contribution in [-0.4, -0.2) is 34.8 Å². The molecule has 7 nitrogen and oxygen atoms in total. The highest BCUT2D eigenvalue weighted by Crippen LogP contribution is 2.34. The van der Waals surface area contributed by atoms with Crippen molar-refractivity contribution in [1.29, 1.82) is 0 Å². The number of pyridine rings is 1. The SMILES string of the molecule is CCCC[S+]([O-])N[C@@H](C)c1cc(=O)n(C)cc1-c1cc(CS(=O)(=O)CC)c(F)cc1C(=O)c1ccc(F)cc1. The van der Waals surface area contributed by atoms with Gasteiger partial charge in [-0.15, -0.1) is 4.72 Å². The molecule has 39 heavy (non-hydrogen) atoms. The first kappa shape index (κ1) is 30.7. The van der Waals surface area contributed by atoms with Crippen molar-refractivity contribution in [2.75, 3.05) is 11.5 Å². The lowest BCUT2D eigenvalue weighted by atomic mass is 9.89. The van der Waals surface area contributed by atoms with Gasteiger partial charge < -0.3 is 9.12 Å². The van der Waals surface area contributed by atoms with Gasteiger partial charge in [-0.1, -0.05) is 20.3 Å². The third-order valence-electron chi connectivity index (χ3n) is 6.36. The van der Waals surface area contributed by atoms with Crippen LogP contribution in [0.4, 0.5) is 8.78 Å². The quantitative estimate of drug-likeness (QED) is 0.248. The second kappa shape index (κ2) is 13.0. The number of unbranched alkanes of at least 4 members (excludes halogenated alkanes) is 1. The number of benzene rings is 2. The molecule has 0 aliphatic rings. The van der Waals surface area contributed by atoms with Crippen molar-refractivity contribution in [3.63, 3.8) is 0 Å². The molecule has 2 aromatic carbocycles. The Hall–Kier alpha value is -2.86. The third-order valence-corrected chi connectivity index (χ3v) is 9.27. The summed E-state index contributed by atoms with van der Waals surface area (Å²) in [6.07, 6.45) is 3.07. The Kier molecular flexibility index (Phi) is 10.2. The fourth-order valence-electron chi connectivity index (χ4n) is 4.06. The van der Waals surface area contributed by atoms with Crippen LogP contribution in [0.15, 0.2) is 53.5 Å². The molecule has 11 heteroatoms. The molecule has 3 aromatic rings. The minimum atomic E-state index is -3.62. The highest BCUT2D eigenvalue weighted by Gasteiger charge is 2.25. The summed E-state index contributed by atoms with van der Waals surface area (Å²) in [7, 11) is -2.11. The van der Waals surface area contributed by atoms with E-state index in [1.54, 1.807) is 6.92 Å². The Labute approximate surface area is 230 Å². The number of hydrogen-bond donors (Lipinski definition) is 1. The number of hydrogen-bond acceptors (Lipinski definition) is 6. The van der Waals surface area contributed by atoms with Gasteiger partial charge in [0.25, 0.3) is 5.56 Å². The van der Waals surface area contributed by atoms with Gasteiger partial charge in [0.05, 0.1) is 11.8 Å². The summed E-state index contributed by atoms with van der Waals surface area (Å²) in [6.45, 7) is 5.15. The van der Waals surface area contributed by atoms with E-state index >= 15 is 4.39 Å². The molecular weight excluding hydrogens is 546 g/mol. The van der Waals surface area contributed by atoms with E-state index in [2.05, 4.69) is 4.72 Å². The molecule has 1 N–H and O–H groups in total. The number of aryl methyl sites for hydroxylation is 1. The first-order valence-electron chi connectivity index (χ1n) is 12.5. The molecule has 0 saturated carbocycles. The van der Waals surface area contributed by atoms with Crippen molar-refractivity contribution in [3.8, 4) is 11.1 Å². The van der Waals surface area contributed by atoms with Gasteiger partial charge in [-0.05, 0) is 60.9 Å². The molecule has 2 atom stereocenters. The Morgan fingerprint density at radius 2 is 1.77 bits per heavy atom. The fourth-order valence-corrected chi connectivity index (χ4v) is 6.15. The fraction of sp³-hybridized carbons (Fsp3) is 0.357. The zero-order valence-electron chi connectivity index (χ0n) is 22.3. The highest BCUT2D eigenvalue weighted by atomic mass is 32.2. The third kappa shape index (κ3) is 7.63. The van der Waals surface area contributed by atoms with Crippen LogP contribution in [0, 0.1) is 11.6 Å². The number of nitrogens with one attached hydrogen (secondary N) is 1. The molecule has 0 radical (unpaired) electrons. The maximum atomic E-state index is 15.3. The van der Waals surface area contributed by atoms with Crippen molar-refractivity contribution in [1.82, 2.24) is 9.29 Å². The van der Waals surface area contributed by atoms with Gasteiger partial charge in [-0.25, -0.2) is 17.2 Å². The maximum Gasteiger partial charge on any atom is 0.250 e. The van der Waals surface area contributed by atoms with Crippen LogP contribution < -0.4 is 10.3 Å². The van der Waals surface area contributed by atoms with Crippen LogP contribution in [0.25, 0.3) is 11.1 Å². The van der Waals surface area contributed by atoms with Gasteiger partial charge in [-0.2, -0.15) is 0 Å². The lowest BCUT2D eigenvalue weighted by molar-refractivity contribution is 0.103. The van der Waals surface area contributed by atoms with Crippen LogP contribution in [0.2, 0.25) is 0 Å². The Bertz CT molecular complexity index is 1510. The summed E-state index contributed by atoms with van der Waals surface area (Å²) in [5, 5.41) is 0. The number of nitrogens with zero attached hydrogens (tertiary/aromatic N) is 1. The Balaban J connectivity index is 2.26. The largest absolute Gasteiger partial charge is 0.598 e. The van der Waals surface area contributed by atoms with Gasteiger partial charge in [0, 0.05) is 58.7 Å². The second-order valence-corrected chi connectivity index (χ2v) is 13.0. The van der Waals surface area contributed by atoms with Gasteiger partial charge in [-0.3, -0.25) is 9.59 Å². The van der Waals surface area contributed by atoms with Gasteiger partial charge in [0.15, 0.2) is 15.6 Å². The number of aromatic nitrogens is 1. The Morgan fingerprint density at radius 3 is 2.38 bits per heavy atom. The first-order valence-corrected chi connectivity index (χ1v) is 15.7. The van der Waals surface area contributed by atoms with E-state index in [1.165, 1.54) is 49.0 Å². The molecule has 0 aliphatic carbocycles. The smallest absolute Gasteiger partial charge is 0.250 e. The lowest BCUT2D eigenvalue weighted by Gasteiger charge is -2.22. The molecule has 0 fully saturated rings. The molecule has 0 spiro atoms. The van der Waals surface area contributed by atoms with Crippen molar-refractivity contribution in [2.45, 2.75) is 45.4 Å². The van der Waals surface area contributed by atoms with Crippen LogP contribution in [0.5, 0.6) is 0 Å². The molecule has 1 aromatic heterocycles. The summed E-state index contributed by atoms with van der Waals surface area (Å²) in [5.41, 5.74) is 0.501.